The Morgan fingerprint density at radius 1 is 1.27 bits per heavy atom. The van der Waals surface area contributed by atoms with Gasteiger partial charge in [-0.1, -0.05) is 41.6 Å². The molecule has 0 radical (unpaired) electrons. The molecule has 0 unspecified atom stereocenters. The highest BCUT2D eigenvalue weighted by atomic mass is 35.5. The van der Waals surface area contributed by atoms with E-state index in [1.165, 1.54) is 17.8 Å². The lowest BCUT2D eigenvalue weighted by Crippen LogP contribution is -2.25. The second-order valence-corrected chi connectivity index (χ2v) is 7.92. The van der Waals surface area contributed by atoms with E-state index in [0.29, 0.717) is 28.2 Å². The van der Waals surface area contributed by atoms with Crippen LogP contribution < -0.4 is 10.9 Å². The summed E-state index contributed by atoms with van der Waals surface area (Å²) in [6.45, 7) is 0.484. The maximum atomic E-state index is 12.1. The van der Waals surface area contributed by atoms with Gasteiger partial charge < -0.3 is 10.3 Å². The van der Waals surface area contributed by atoms with Crippen LogP contribution in [0, 0.1) is 0 Å². The molecule has 0 aliphatic rings. The summed E-state index contributed by atoms with van der Waals surface area (Å²) in [7, 11) is 0. The molecule has 0 aliphatic heterocycles. The maximum Gasteiger partial charge on any atom is 0.251 e. The first-order valence-electron chi connectivity index (χ1n) is 7.85. The van der Waals surface area contributed by atoms with Crippen LogP contribution in [0.2, 0.25) is 5.02 Å². The highest BCUT2D eigenvalue weighted by Crippen LogP contribution is 2.20. The second kappa shape index (κ2) is 9.02. The summed E-state index contributed by atoms with van der Waals surface area (Å²) in [5.41, 5.74) is 1.26. The summed E-state index contributed by atoms with van der Waals surface area (Å²) in [5.74, 6) is 0.485. The molecule has 3 rings (SSSR count). The number of thioether (sulfide) groups is 1. The Hall–Kier alpha value is -2.09. The van der Waals surface area contributed by atoms with Gasteiger partial charge in [-0.15, -0.1) is 11.3 Å². The van der Waals surface area contributed by atoms with Crippen molar-refractivity contribution < 1.29 is 4.79 Å². The van der Waals surface area contributed by atoms with Crippen molar-refractivity contribution in [3.05, 3.63) is 79.4 Å². The number of thiophene rings is 1. The molecule has 134 valence electrons. The zero-order chi connectivity index (χ0) is 18.4. The Kier molecular flexibility index (Phi) is 6.49. The third kappa shape index (κ3) is 5.72. The van der Waals surface area contributed by atoms with Crippen LogP contribution in [0.25, 0.3) is 0 Å². The van der Waals surface area contributed by atoms with E-state index in [1.54, 1.807) is 11.3 Å². The van der Waals surface area contributed by atoms with Crippen molar-refractivity contribution in [2.75, 3.05) is 0 Å². The van der Waals surface area contributed by atoms with E-state index in [2.05, 4.69) is 15.3 Å². The fourth-order valence-corrected chi connectivity index (χ4v) is 3.82. The van der Waals surface area contributed by atoms with Crippen LogP contribution in [-0.2, 0) is 23.5 Å². The predicted molar refractivity (Wildman–Crippen MR) is 106 cm³/mol. The summed E-state index contributed by atoms with van der Waals surface area (Å²) < 4.78 is 0. The summed E-state index contributed by atoms with van der Waals surface area (Å²) in [5, 5.41) is 5.97. The second-order valence-electron chi connectivity index (χ2n) is 5.49. The van der Waals surface area contributed by atoms with Gasteiger partial charge in [-0.25, -0.2) is 4.98 Å². The SMILES string of the molecule is O=C(Cc1cc(=O)[nH]c(SCc2ccc(Cl)cc2)n1)NCc1cccs1. The number of halogens is 1. The van der Waals surface area contributed by atoms with E-state index in [0.717, 1.165) is 10.4 Å². The quantitative estimate of drug-likeness (QED) is 0.465. The van der Waals surface area contributed by atoms with Gasteiger partial charge in [-0.2, -0.15) is 0 Å². The van der Waals surface area contributed by atoms with Crippen LogP contribution in [0.15, 0.2) is 57.8 Å². The number of H-pyrrole nitrogens is 1. The zero-order valence-electron chi connectivity index (χ0n) is 13.7. The molecule has 1 amide bonds. The molecule has 0 bridgehead atoms. The fourth-order valence-electron chi connectivity index (χ4n) is 2.20. The molecular weight excluding hydrogens is 390 g/mol. The highest BCUT2D eigenvalue weighted by Gasteiger charge is 2.08. The monoisotopic (exact) mass is 405 g/mol. The first-order valence-corrected chi connectivity index (χ1v) is 10.1. The van der Waals surface area contributed by atoms with Crippen LogP contribution in [0.3, 0.4) is 0 Å². The standard InChI is InChI=1S/C18H16ClN3O2S2/c19-13-5-3-12(4-6-13)11-26-18-21-14(9-17(24)22-18)8-16(23)20-10-15-2-1-7-25-15/h1-7,9H,8,10-11H2,(H,20,23)(H,21,22,24). The summed E-state index contributed by atoms with van der Waals surface area (Å²) in [4.78, 5) is 32.1. The van der Waals surface area contributed by atoms with Gasteiger partial charge in [-0.05, 0) is 29.1 Å². The van der Waals surface area contributed by atoms with Gasteiger partial charge >= 0.3 is 0 Å². The largest absolute Gasteiger partial charge is 0.351 e. The number of hydrogen-bond acceptors (Lipinski definition) is 5. The van der Waals surface area contributed by atoms with Gasteiger partial charge in [0.2, 0.25) is 5.91 Å². The van der Waals surface area contributed by atoms with Crippen LogP contribution in [0.1, 0.15) is 16.1 Å². The third-order valence-corrected chi connectivity index (χ3v) is 5.52. The Bertz CT molecular complexity index is 924. The van der Waals surface area contributed by atoms with Crippen molar-refractivity contribution >= 4 is 40.6 Å². The molecule has 2 N–H and O–H groups in total. The van der Waals surface area contributed by atoms with Crippen molar-refractivity contribution in [2.45, 2.75) is 23.9 Å². The Morgan fingerprint density at radius 2 is 2.08 bits per heavy atom. The van der Waals surface area contributed by atoms with Gasteiger partial charge in [-0.3, -0.25) is 9.59 Å². The van der Waals surface area contributed by atoms with Crippen molar-refractivity contribution in [3.8, 4) is 0 Å². The molecule has 0 aliphatic carbocycles. The Balaban J connectivity index is 1.58. The number of aromatic nitrogens is 2. The molecule has 0 fully saturated rings. The van der Waals surface area contributed by atoms with Crippen molar-refractivity contribution in [2.24, 2.45) is 0 Å². The van der Waals surface area contributed by atoms with Crippen molar-refractivity contribution in [3.63, 3.8) is 0 Å². The number of carbonyl (C=O) groups is 1. The molecule has 8 heteroatoms. The normalized spacial score (nSPS) is 10.7. The highest BCUT2D eigenvalue weighted by molar-refractivity contribution is 7.98. The number of aromatic amines is 1. The average molecular weight is 406 g/mol. The number of nitrogens with one attached hydrogen (secondary N) is 2. The molecule has 0 saturated heterocycles. The lowest BCUT2D eigenvalue weighted by Gasteiger charge is -2.06. The maximum absolute atomic E-state index is 12.1. The topological polar surface area (TPSA) is 74.8 Å². The first-order chi connectivity index (χ1) is 12.6. The molecule has 3 aromatic rings. The molecular formula is C18H16ClN3O2S2. The van der Waals surface area contributed by atoms with Gasteiger partial charge in [0.1, 0.15) is 0 Å². The minimum Gasteiger partial charge on any atom is -0.351 e. The molecule has 5 nitrogen and oxygen atoms in total. The van der Waals surface area contributed by atoms with Crippen LogP contribution in [0.4, 0.5) is 0 Å². The lowest BCUT2D eigenvalue weighted by molar-refractivity contribution is -0.120. The van der Waals surface area contributed by atoms with Crippen molar-refractivity contribution in [1.29, 1.82) is 0 Å². The number of rotatable bonds is 7. The molecule has 26 heavy (non-hydrogen) atoms. The summed E-state index contributed by atoms with van der Waals surface area (Å²) in [6, 6.07) is 12.8. The minimum atomic E-state index is -0.264. The lowest BCUT2D eigenvalue weighted by atomic mass is 10.2. The zero-order valence-corrected chi connectivity index (χ0v) is 16.1. The predicted octanol–water partition coefficient (Wildman–Crippen LogP) is 3.64. The van der Waals surface area contributed by atoms with Gasteiger partial charge in [0, 0.05) is 21.7 Å². The fraction of sp³-hybridized carbons (Fsp3) is 0.167. The smallest absolute Gasteiger partial charge is 0.251 e. The van der Waals surface area contributed by atoms with E-state index < -0.39 is 0 Å². The number of carbonyl (C=O) groups excluding carboxylic acids is 1. The Morgan fingerprint density at radius 3 is 2.81 bits per heavy atom. The van der Waals surface area contributed by atoms with Gasteiger partial charge in [0.25, 0.3) is 5.56 Å². The minimum absolute atomic E-state index is 0.0732. The van der Waals surface area contributed by atoms with E-state index >= 15 is 0 Å². The molecule has 0 atom stereocenters. The molecule has 1 aromatic carbocycles. The number of amides is 1. The van der Waals surface area contributed by atoms with E-state index in [1.807, 2.05) is 41.8 Å². The van der Waals surface area contributed by atoms with E-state index in [9.17, 15) is 9.59 Å². The molecule has 2 heterocycles. The first kappa shape index (κ1) is 18.7. The van der Waals surface area contributed by atoms with Crippen LogP contribution in [-0.4, -0.2) is 15.9 Å². The van der Waals surface area contributed by atoms with E-state index in [4.69, 9.17) is 11.6 Å². The Labute approximate surface area is 163 Å². The number of benzene rings is 1. The van der Waals surface area contributed by atoms with Crippen molar-refractivity contribution in [1.82, 2.24) is 15.3 Å². The summed E-state index contributed by atoms with van der Waals surface area (Å²) in [6.07, 6.45) is 0.0732. The van der Waals surface area contributed by atoms with E-state index in [-0.39, 0.29) is 17.9 Å². The van der Waals surface area contributed by atoms with Crippen LogP contribution >= 0.6 is 34.7 Å². The van der Waals surface area contributed by atoms with Gasteiger partial charge in [0.05, 0.1) is 18.7 Å². The molecule has 0 spiro atoms. The summed E-state index contributed by atoms with van der Waals surface area (Å²) >= 11 is 8.86. The molecule has 2 aromatic heterocycles. The van der Waals surface area contributed by atoms with Gasteiger partial charge in [0.15, 0.2) is 5.16 Å². The molecule has 0 saturated carbocycles. The van der Waals surface area contributed by atoms with Crippen LogP contribution in [0.5, 0.6) is 0 Å². The third-order valence-electron chi connectivity index (χ3n) is 3.44. The number of hydrogen-bond donors (Lipinski definition) is 2. The number of nitrogens with zero attached hydrogens (tertiary/aromatic N) is 1. The average Bonchev–Trinajstić information content (AvgIpc) is 3.13.